The Bertz CT molecular complexity index is 1120. The Morgan fingerprint density at radius 2 is 2.17 bits per heavy atom. The smallest absolute Gasteiger partial charge is 0.373 e. The van der Waals surface area contributed by atoms with Gasteiger partial charge in [-0.15, -0.1) is 0 Å². The van der Waals surface area contributed by atoms with E-state index in [1.54, 1.807) is 24.3 Å². The van der Waals surface area contributed by atoms with Crippen molar-refractivity contribution >= 4 is 24.4 Å². The van der Waals surface area contributed by atoms with Crippen LogP contribution < -0.4 is 9.47 Å². The average Bonchev–Trinajstić information content (AvgIpc) is 3.36. The number of methoxy groups -OCH3 is 2. The van der Waals surface area contributed by atoms with Crippen LogP contribution in [0.1, 0.15) is 34.1 Å². The van der Waals surface area contributed by atoms with Crippen molar-refractivity contribution in [2.75, 3.05) is 14.2 Å². The van der Waals surface area contributed by atoms with E-state index in [2.05, 4.69) is 20.0 Å². The molecule has 3 rings (SSSR count). The summed E-state index contributed by atoms with van der Waals surface area (Å²) in [5, 5.41) is 9.71. The predicted molar refractivity (Wildman–Crippen MR) is 103 cm³/mol. The van der Waals surface area contributed by atoms with Gasteiger partial charge in [-0.05, 0) is 36.5 Å². The fourth-order valence-corrected chi connectivity index (χ4v) is 2.62. The standard InChI is InChI=1S/C18H16F2N4O5S/c1-26-12-5-3-4-10(8-21-24-16(15(19)20)22-23-18(24)30)14(12)28-9-11-6-7-13(29-11)17(25)27-2/h3-8,15H,9H2,1-2H3,(H,23,30)/b21-8+. The molecule has 0 saturated carbocycles. The zero-order chi connectivity index (χ0) is 21.7. The summed E-state index contributed by atoms with van der Waals surface area (Å²) in [7, 11) is 2.69. The van der Waals surface area contributed by atoms with Crippen molar-refractivity contribution in [1.29, 1.82) is 0 Å². The van der Waals surface area contributed by atoms with E-state index in [1.807, 2.05) is 0 Å². The molecule has 0 fully saturated rings. The third kappa shape index (κ3) is 4.54. The van der Waals surface area contributed by atoms with E-state index in [9.17, 15) is 13.6 Å². The number of aromatic amines is 1. The van der Waals surface area contributed by atoms with Gasteiger partial charge in [-0.2, -0.15) is 14.9 Å². The Labute approximate surface area is 173 Å². The van der Waals surface area contributed by atoms with Crippen LogP contribution in [0.4, 0.5) is 8.78 Å². The number of carbonyl (C=O) groups excluding carboxylic acids is 1. The SMILES string of the molecule is COC(=O)c1ccc(COc2c(/C=N/n3c(C(F)F)n[nH]c3=S)cccc2OC)o1. The van der Waals surface area contributed by atoms with E-state index in [-0.39, 0.29) is 22.9 Å². The molecule has 1 N–H and O–H groups in total. The van der Waals surface area contributed by atoms with Crippen molar-refractivity contribution in [3.8, 4) is 11.5 Å². The van der Waals surface area contributed by atoms with E-state index in [4.69, 9.17) is 26.1 Å². The minimum atomic E-state index is -2.86. The van der Waals surface area contributed by atoms with E-state index in [1.165, 1.54) is 26.5 Å². The largest absolute Gasteiger partial charge is 0.493 e. The number of ether oxygens (including phenoxy) is 3. The number of nitrogens with zero attached hydrogens (tertiary/aromatic N) is 3. The van der Waals surface area contributed by atoms with Crippen LogP contribution in [0, 0.1) is 4.77 Å². The summed E-state index contributed by atoms with van der Waals surface area (Å²) in [4.78, 5) is 11.5. The second-order valence-electron chi connectivity index (χ2n) is 5.67. The maximum absolute atomic E-state index is 13.0. The second-order valence-corrected chi connectivity index (χ2v) is 6.06. The van der Waals surface area contributed by atoms with Crippen LogP contribution >= 0.6 is 12.2 Å². The first-order chi connectivity index (χ1) is 14.4. The fraction of sp³-hybridized carbons (Fsp3) is 0.222. The van der Waals surface area contributed by atoms with Crippen molar-refractivity contribution in [1.82, 2.24) is 14.9 Å². The lowest BCUT2D eigenvalue weighted by molar-refractivity contribution is 0.0561. The molecule has 3 aromatic rings. The molecule has 0 bridgehead atoms. The average molecular weight is 438 g/mol. The number of benzene rings is 1. The van der Waals surface area contributed by atoms with Gasteiger partial charge in [0.25, 0.3) is 6.43 Å². The molecular weight excluding hydrogens is 422 g/mol. The van der Waals surface area contributed by atoms with Gasteiger partial charge < -0.3 is 18.6 Å². The molecule has 0 amide bonds. The molecule has 30 heavy (non-hydrogen) atoms. The number of carbonyl (C=O) groups is 1. The lowest BCUT2D eigenvalue weighted by atomic mass is 10.2. The van der Waals surface area contributed by atoms with E-state index in [0.717, 1.165) is 4.68 Å². The van der Waals surface area contributed by atoms with Gasteiger partial charge in [0.15, 0.2) is 11.5 Å². The van der Waals surface area contributed by atoms with Crippen molar-refractivity contribution in [2.45, 2.75) is 13.0 Å². The van der Waals surface area contributed by atoms with Crippen molar-refractivity contribution < 1.29 is 32.2 Å². The molecule has 0 saturated heterocycles. The minimum Gasteiger partial charge on any atom is -0.493 e. The van der Waals surface area contributed by atoms with Crippen LogP contribution in [0.5, 0.6) is 11.5 Å². The molecule has 1 aromatic carbocycles. The Morgan fingerprint density at radius 1 is 1.37 bits per heavy atom. The molecule has 158 valence electrons. The predicted octanol–water partition coefficient (Wildman–Crippen LogP) is 3.73. The lowest BCUT2D eigenvalue weighted by Crippen LogP contribution is -2.03. The number of alkyl halides is 2. The molecule has 0 aliphatic carbocycles. The zero-order valence-electron chi connectivity index (χ0n) is 15.8. The number of rotatable bonds is 8. The maximum atomic E-state index is 13.0. The fourth-order valence-electron chi connectivity index (χ4n) is 2.44. The van der Waals surface area contributed by atoms with Gasteiger partial charge in [0.05, 0.1) is 20.4 Å². The molecular formula is C18H16F2N4O5S. The van der Waals surface area contributed by atoms with Gasteiger partial charge in [-0.25, -0.2) is 18.7 Å². The number of hydrogen-bond donors (Lipinski definition) is 1. The maximum Gasteiger partial charge on any atom is 0.373 e. The number of nitrogens with one attached hydrogen (secondary N) is 1. The summed E-state index contributed by atoms with van der Waals surface area (Å²) in [6, 6.07) is 8.01. The second kappa shape index (κ2) is 9.31. The highest BCUT2D eigenvalue weighted by molar-refractivity contribution is 7.71. The summed E-state index contributed by atoms with van der Waals surface area (Å²) >= 11 is 4.93. The quantitative estimate of drug-likeness (QED) is 0.325. The van der Waals surface area contributed by atoms with Crippen molar-refractivity contribution in [3.63, 3.8) is 0 Å². The number of halogens is 2. The molecule has 2 heterocycles. The van der Waals surface area contributed by atoms with Gasteiger partial charge in [-0.1, -0.05) is 6.07 Å². The minimum absolute atomic E-state index is 0.0341. The summed E-state index contributed by atoms with van der Waals surface area (Å²) in [5.74, 6) is -0.171. The van der Waals surface area contributed by atoms with Crippen LogP contribution in [0.15, 0.2) is 39.9 Å². The Morgan fingerprint density at radius 3 is 2.87 bits per heavy atom. The topological polar surface area (TPSA) is 104 Å². The normalized spacial score (nSPS) is 11.2. The molecule has 0 radical (unpaired) electrons. The first-order valence-electron chi connectivity index (χ1n) is 8.41. The number of furan rings is 1. The van der Waals surface area contributed by atoms with Gasteiger partial charge in [-0.3, -0.25) is 0 Å². The molecule has 9 nitrogen and oxygen atoms in total. The number of hydrogen-bond acceptors (Lipinski definition) is 8. The molecule has 0 atom stereocenters. The van der Waals surface area contributed by atoms with Gasteiger partial charge in [0, 0.05) is 5.56 Å². The Balaban J connectivity index is 1.87. The van der Waals surface area contributed by atoms with Gasteiger partial charge >= 0.3 is 5.97 Å². The number of para-hydroxylation sites is 1. The molecule has 2 aromatic heterocycles. The molecule has 0 aliphatic heterocycles. The summed E-state index contributed by atoms with van der Waals surface area (Å²) in [6.45, 7) is -0.0361. The Hall–Kier alpha value is -3.54. The Kier molecular flexibility index (Phi) is 6.57. The first kappa shape index (κ1) is 21.2. The molecule has 0 unspecified atom stereocenters. The lowest BCUT2D eigenvalue weighted by Gasteiger charge is -2.12. The first-order valence-corrected chi connectivity index (χ1v) is 8.82. The van der Waals surface area contributed by atoms with Gasteiger partial charge in [0.1, 0.15) is 12.4 Å². The third-order valence-electron chi connectivity index (χ3n) is 3.82. The van der Waals surface area contributed by atoms with Crippen LogP contribution in [0.25, 0.3) is 0 Å². The summed E-state index contributed by atoms with van der Waals surface area (Å²) < 4.78 is 47.9. The number of H-pyrrole nitrogens is 1. The summed E-state index contributed by atoms with van der Waals surface area (Å²) in [6.07, 6.45) is -1.57. The molecule has 0 aliphatic rings. The highest BCUT2D eigenvalue weighted by atomic mass is 32.1. The van der Waals surface area contributed by atoms with Crippen molar-refractivity contribution in [2.24, 2.45) is 5.10 Å². The van der Waals surface area contributed by atoms with Crippen LogP contribution in [-0.4, -0.2) is 41.3 Å². The van der Waals surface area contributed by atoms with Crippen LogP contribution in [0.2, 0.25) is 0 Å². The highest BCUT2D eigenvalue weighted by Gasteiger charge is 2.17. The van der Waals surface area contributed by atoms with Crippen LogP contribution in [0.3, 0.4) is 0 Å². The third-order valence-corrected chi connectivity index (χ3v) is 4.08. The van der Waals surface area contributed by atoms with Crippen LogP contribution in [-0.2, 0) is 11.3 Å². The number of aromatic nitrogens is 3. The monoisotopic (exact) mass is 438 g/mol. The van der Waals surface area contributed by atoms with E-state index in [0.29, 0.717) is 17.1 Å². The molecule has 12 heteroatoms. The van der Waals surface area contributed by atoms with Gasteiger partial charge in [0.2, 0.25) is 16.4 Å². The molecule has 0 spiro atoms. The number of esters is 1. The highest BCUT2D eigenvalue weighted by Crippen LogP contribution is 2.31. The van der Waals surface area contributed by atoms with E-state index < -0.39 is 18.2 Å². The summed E-state index contributed by atoms with van der Waals surface area (Å²) in [5.41, 5.74) is 0.428. The zero-order valence-corrected chi connectivity index (χ0v) is 16.6. The van der Waals surface area contributed by atoms with Crippen molar-refractivity contribution in [3.05, 3.63) is 58.0 Å². The van der Waals surface area contributed by atoms with E-state index >= 15 is 0 Å².